The lowest BCUT2D eigenvalue weighted by Gasteiger charge is -2.20. The van der Waals surface area contributed by atoms with E-state index < -0.39 is 0 Å². The Balaban J connectivity index is 2.19. The van der Waals surface area contributed by atoms with Crippen molar-refractivity contribution in [3.05, 3.63) is 0 Å². The zero-order valence-electron chi connectivity index (χ0n) is 8.20. The maximum atomic E-state index is 9.75. The summed E-state index contributed by atoms with van der Waals surface area (Å²) in [5.41, 5.74) is 0. The van der Waals surface area contributed by atoms with Gasteiger partial charge in [0, 0.05) is 13.5 Å². The number of rotatable bonds is 6. The zero-order valence-corrected chi connectivity index (χ0v) is 8.20. The van der Waals surface area contributed by atoms with Crippen molar-refractivity contribution in [1.82, 2.24) is 0 Å². The van der Waals surface area contributed by atoms with E-state index in [1.807, 2.05) is 0 Å². The second kappa shape index (κ2) is 5.26. The van der Waals surface area contributed by atoms with Gasteiger partial charge in [-0.15, -0.1) is 12.3 Å². The van der Waals surface area contributed by atoms with Gasteiger partial charge in [0.25, 0.3) is 0 Å². The fraction of sp³-hybridized carbons (Fsp3) is 0.818. The van der Waals surface area contributed by atoms with Gasteiger partial charge >= 0.3 is 0 Å². The zero-order chi connectivity index (χ0) is 9.68. The molecule has 0 aromatic heterocycles. The number of unbranched alkanes of at least 4 members (excludes halogenated alkanes) is 1. The molecule has 74 valence electrons. The molecule has 0 bridgehead atoms. The molecular weight excluding hydrogens is 164 g/mol. The SMILES string of the molecule is C#CCCCC(O)C(OC)C1CC1. The van der Waals surface area contributed by atoms with Gasteiger partial charge in [-0.3, -0.25) is 0 Å². The van der Waals surface area contributed by atoms with Crippen molar-refractivity contribution in [2.45, 2.75) is 44.3 Å². The van der Waals surface area contributed by atoms with Gasteiger partial charge in [-0.2, -0.15) is 0 Å². The molecule has 1 rings (SSSR count). The normalized spacial score (nSPS) is 20.7. The molecule has 0 spiro atoms. The van der Waals surface area contributed by atoms with Gasteiger partial charge in [-0.05, 0) is 31.6 Å². The van der Waals surface area contributed by atoms with Crippen LogP contribution < -0.4 is 0 Å². The first-order valence-electron chi connectivity index (χ1n) is 4.94. The summed E-state index contributed by atoms with van der Waals surface area (Å²) in [6, 6.07) is 0. The molecule has 0 aromatic carbocycles. The summed E-state index contributed by atoms with van der Waals surface area (Å²) in [7, 11) is 1.67. The second-order valence-corrected chi connectivity index (χ2v) is 3.70. The molecule has 1 fully saturated rings. The van der Waals surface area contributed by atoms with E-state index in [9.17, 15) is 5.11 Å². The molecule has 2 heteroatoms. The third-order valence-corrected chi connectivity index (χ3v) is 2.56. The topological polar surface area (TPSA) is 29.5 Å². The number of ether oxygens (including phenoxy) is 1. The van der Waals surface area contributed by atoms with Gasteiger partial charge in [0.05, 0.1) is 12.2 Å². The lowest BCUT2D eigenvalue weighted by Crippen LogP contribution is -2.29. The molecule has 0 aromatic rings. The maximum absolute atomic E-state index is 9.75. The molecule has 2 nitrogen and oxygen atoms in total. The van der Waals surface area contributed by atoms with Crippen LogP contribution in [0, 0.1) is 18.3 Å². The Morgan fingerprint density at radius 2 is 2.31 bits per heavy atom. The van der Waals surface area contributed by atoms with Crippen LogP contribution >= 0.6 is 0 Å². The van der Waals surface area contributed by atoms with Crippen LogP contribution in [0.5, 0.6) is 0 Å². The molecular formula is C11H18O2. The quantitative estimate of drug-likeness (QED) is 0.499. The van der Waals surface area contributed by atoms with Crippen molar-refractivity contribution in [2.75, 3.05) is 7.11 Å². The molecule has 0 aliphatic heterocycles. The Hall–Kier alpha value is -0.520. The van der Waals surface area contributed by atoms with Crippen LogP contribution in [-0.4, -0.2) is 24.4 Å². The van der Waals surface area contributed by atoms with Crippen molar-refractivity contribution < 1.29 is 9.84 Å². The predicted octanol–water partition coefficient (Wildman–Crippen LogP) is 1.58. The first-order chi connectivity index (χ1) is 6.29. The summed E-state index contributed by atoms with van der Waals surface area (Å²) < 4.78 is 5.27. The molecule has 0 amide bonds. The van der Waals surface area contributed by atoms with E-state index >= 15 is 0 Å². The summed E-state index contributed by atoms with van der Waals surface area (Å²) in [6.07, 6.45) is 9.65. The Morgan fingerprint density at radius 3 is 2.77 bits per heavy atom. The average molecular weight is 182 g/mol. The highest BCUT2D eigenvalue weighted by Gasteiger charge is 2.35. The van der Waals surface area contributed by atoms with E-state index in [2.05, 4.69) is 5.92 Å². The van der Waals surface area contributed by atoms with Crippen LogP contribution in [0.1, 0.15) is 32.1 Å². The fourth-order valence-electron chi connectivity index (χ4n) is 1.67. The average Bonchev–Trinajstić information content (AvgIpc) is 2.90. The van der Waals surface area contributed by atoms with E-state index in [1.54, 1.807) is 7.11 Å². The van der Waals surface area contributed by atoms with Gasteiger partial charge in [0.2, 0.25) is 0 Å². The minimum atomic E-state index is -0.328. The molecule has 1 N–H and O–H groups in total. The maximum Gasteiger partial charge on any atom is 0.0858 e. The Labute approximate surface area is 80.3 Å². The van der Waals surface area contributed by atoms with Crippen LogP contribution in [0.2, 0.25) is 0 Å². The molecule has 0 saturated heterocycles. The fourth-order valence-corrected chi connectivity index (χ4v) is 1.67. The lowest BCUT2D eigenvalue weighted by molar-refractivity contribution is -0.0284. The molecule has 2 unspecified atom stereocenters. The van der Waals surface area contributed by atoms with Crippen LogP contribution in [-0.2, 0) is 4.74 Å². The smallest absolute Gasteiger partial charge is 0.0858 e. The standard InChI is InChI=1S/C11H18O2/c1-3-4-5-6-10(12)11(13-2)9-7-8-9/h1,9-12H,4-8H2,2H3. The van der Waals surface area contributed by atoms with Gasteiger partial charge < -0.3 is 9.84 Å². The summed E-state index contributed by atoms with van der Waals surface area (Å²) in [6.45, 7) is 0. The molecule has 1 aliphatic rings. The number of hydrogen-bond acceptors (Lipinski definition) is 2. The third kappa shape index (κ3) is 3.38. The summed E-state index contributed by atoms with van der Waals surface area (Å²) in [5.74, 6) is 3.16. The number of hydrogen-bond donors (Lipinski definition) is 1. The highest BCUT2D eigenvalue weighted by Crippen LogP contribution is 2.36. The number of methoxy groups -OCH3 is 1. The van der Waals surface area contributed by atoms with E-state index in [1.165, 1.54) is 12.8 Å². The molecule has 13 heavy (non-hydrogen) atoms. The van der Waals surface area contributed by atoms with Crippen LogP contribution in [0.4, 0.5) is 0 Å². The van der Waals surface area contributed by atoms with Crippen molar-refractivity contribution >= 4 is 0 Å². The van der Waals surface area contributed by atoms with Gasteiger partial charge in [0.1, 0.15) is 0 Å². The van der Waals surface area contributed by atoms with Crippen molar-refractivity contribution in [1.29, 1.82) is 0 Å². The number of terminal acetylenes is 1. The first-order valence-corrected chi connectivity index (χ1v) is 4.94. The molecule has 0 heterocycles. The predicted molar refractivity (Wildman–Crippen MR) is 52.2 cm³/mol. The molecule has 0 radical (unpaired) electrons. The highest BCUT2D eigenvalue weighted by molar-refractivity contribution is 4.88. The van der Waals surface area contributed by atoms with Gasteiger partial charge in [0.15, 0.2) is 0 Å². The summed E-state index contributed by atoms with van der Waals surface area (Å²) in [5, 5.41) is 9.75. The third-order valence-electron chi connectivity index (χ3n) is 2.56. The van der Waals surface area contributed by atoms with E-state index in [-0.39, 0.29) is 12.2 Å². The van der Waals surface area contributed by atoms with Crippen LogP contribution in [0.15, 0.2) is 0 Å². The van der Waals surface area contributed by atoms with Gasteiger partial charge in [-0.1, -0.05) is 0 Å². The summed E-state index contributed by atoms with van der Waals surface area (Å²) >= 11 is 0. The van der Waals surface area contributed by atoms with Crippen molar-refractivity contribution in [3.63, 3.8) is 0 Å². The molecule has 1 aliphatic carbocycles. The summed E-state index contributed by atoms with van der Waals surface area (Å²) in [4.78, 5) is 0. The first kappa shape index (κ1) is 10.6. The van der Waals surface area contributed by atoms with E-state index in [4.69, 9.17) is 11.2 Å². The monoisotopic (exact) mass is 182 g/mol. The minimum Gasteiger partial charge on any atom is -0.390 e. The Bertz CT molecular complexity index is 179. The van der Waals surface area contributed by atoms with Crippen LogP contribution in [0.25, 0.3) is 0 Å². The largest absolute Gasteiger partial charge is 0.390 e. The minimum absolute atomic E-state index is 0.0396. The number of aliphatic hydroxyl groups excluding tert-OH is 1. The van der Waals surface area contributed by atoms with E-state index in [0.717, 1.165) is 19.3 Å². The Kier molecular flexibility index (Phi) is 4.27. The van der Waals surface area contributed by atoms with E-state index in [0.29, 0.717) is 5.92 Å². The van der Waals surface area contributed by atoms with Crippen molar-refractivity contribution in [3.8, 4) is 12.3 Å². The number of aliphatic hydroxyl groups is 1. The second-order valence-electron chi connectivity index (χ2n) is 3.70. The van der Waals surface area contributed by atoms with Gasteiger partial charge in [-0.25, -0.2) is 0 Å². The molecule has 2 atom stereocenters. The van der Waals surface area contributed by atoms with Crippen molar-refractivity contribution in [2.24, 2.45) is 5.92 Å². The Morgan fingerprint density at radius 1 is 1.62 bits per heavy atom. The highest BCUT2D eigenvalue weighted by atomic mass is 16.5. The lowest BCUT2D eigenvalue weighted by atomic mass is 10.0. The van der Waals surface area contributed by atoms with Crippen LogP contribution in [0.3, 0.4) is 0 Å². The molecule has 1 saturated carbocycles.